The van der Waals surface area contributed by atoms with E-state index in [0.29, 0.717) is 24.2 Å². The first-order valence-electron chi connectivity index (χ1n) is 6.20. The Bertz CT molecular complexity index is 541. The van der Waals surface area contributed by atoms with Crippen LogP contribution in [0.1, 0.15) is 24.2 Å². The second kappa shape index (κ2) is 5.36. The molecule has 1 aromatic heterocycles. The largest absolute Gasteiger partial charge is 0.485 e. The van der Waals surface area contributed by atoms with Crippen LogP contribution in [0.2, 0.25) is 0 Å². The molecular weight excluding hydrogens is 249 g/mol. The number of rotatable bonds is 6. The van der Waals surface area contributed by atoms with Crippen molar-refractivity contribution in [1.29, 1.82) is 0 Å². The highest BCUT2D eigenvalue weighted by molar-refractivity contribution is 5.29. The van der Waals surface area contributed by atoms with E-state index in [9.17, 15) is 4.39 Å². The molecule has 3 rings (SSSR count). The van der Waals surface area contributed by atoms with Gasteiger partial charge in [-0.3, -0.25) is 0 Å². The van der Waals surface area contributed by atoms with Gasteiger partial charge in [0.05, 0.1) is 0 Å². The van der Waals surface area contributed by atoms with E-state index in [1.165, 1.54) is 31.4 Å². The lowest BCUT2D eigenvalue weighted by molar-refractivity contribution is 0.285. The van der Waals surface area contributed by atoms with E-state index in [1.807, 2.05) is 6.07 Å². The van der Waals surface area contributed by atoms with Crippen LogP contribution >= 0.6 is 0 Å². The Morgan fingerprint density at radius 2 is 2.26 bits per heavy atom. The molecule has 0 amide bonds. The van der Waals surface area contributed by atoms with Gasteiger partial charge in [-0.05, 0) is 30.5 Å². The molecule has 5 nitrogen and oxygen atoms in total. The van der Waals surface area contributed by atoms with Gasteiger partial charge in [-0.2, -0.15) is 4.98 Å². The van der Waals surface area contributed by atoms with Crippen LogP contribution in [0.25, 0.3) is 0 Å². The minimum absolute atomic E-state index is 0.162. The molecule has 1 aromatic carbocycles. The van der Waals surface area contributed by atoms with Crippen molar-refractivity contribution in [3.05, 3.63) is 41.8 Å². The Hall–Kier alpha value is -1.95. The van der Waals surface area contributed by atoms with E-state index in [-0.39, 0.29) is 12.4 Å². The fourth-order valence-corrected chi connectivity index (χ4v) is 1.76. The molecule has 0 aliphatic heterocycles. The highest BCUT2D eigenvalue weighted by Crippen LogP contribution is 2.21. The van der Waals surface area contributed by atoms with Crippen LogP contribution in [-0.4, -0.2) is 16.2 Å². The van der Waals surface area contributed by atoms with Gasteiger partial charge < -0.3 is 14.6 Å². The molecule has 0 radical (unpaired) electrons. The molecule has 0 spiro atoms. The van der Waals surface area contributed by atoms with Gasteiger partial charge in [0.1, 0.15) is 11.6 Å². The summed E-state index contributed by atoms with van der Waals surface area (Å²) >= 11 is 0. The first-order chi connectivity index (χ1) is 9.29. The van der Waals surface area contributed by atoms with Crippen LogP contribution in [-0.2, 0) is 13.2 Å². The summed E-state index contributed by atoms with van der Waals surface area (Å²) in [5.41, 5.74) is 0.870. The number of ether oxygens (including phenoxy) is 1. The summed E-state index contributed by atoms with van der Waals surface area (Å²) in [6.07, 6.45) is 3.64. The Morgan fingerprint density at radius 3 is 3.00 bits per heavy atom. The quantitative estimate of drug-likeness (QED) is 0.864. The maximum absolute atomic E-state index is 13.5. The average molecular weight is 263 g/mol. The van der Waals surface area contributed by atoms with E-state index < -0.39 is 0 Å². The van der Waals surface area contributed by atoms with Crippen molar-refractivity contribution in [1.82, 2.24) is 15.5 Å². The van der Waals surface area contributed by atoms with Crippen molar-refractivity contribution in [2.24, 2.45) is 0 Å². The summed E-state index contributed by atoms with van der Waals surface area (Å²) < 4.78 is 23.5. The van der Waals surface area contributed by atoms with E-state index in [1.54, 1.807) is 0 Å². The number of halogens is 1. The van der Waals surface area contributed by atoms with Crippen molar-refractivity contribution in [3.63, 3.8) is 0 Å². The average Bonchev–Trinajstić information content (AvgIpc) is 3.08. The molecule has 0 unspecified atom stereocenters. The molecular formula is C13H14FN3O2. The number of hydrogen-bond donors (Lipinski definition) is 1. The third kappa shape index (κ3) is 3.51. The van der Waals surface area contributed by atoms with Crippen LogP contribution in [0.15, 0.2) is 29.1 Å². The van der Waals surface area contributed by atoms with Gasteiger partial charge in [0.15, 0.2) is 6.61 Å². The monoisotopic (exact) mass is 263 g/mol. The van der Waals surface area contributed by atoms with Gasteiger partial charge in [0.2, 0.25) is 12.2 Å². The summed E-state index contributed by atoms with van der Waals surface area (Å²) in [4.78, 5) is 3.84. The Morgan fingerprint density at radius 1 is 1.37 bits per heavy atom. The highest BCUT2D eigenvalue weighted by Gasteiger charge is 2.20. The fraction of sp³-hybridized carbons (Fsp3) is 0.385. The Balaban J connectivity index is 1.62. The first kappa shape index (κ1) is 12.1. The third-order valence-corrected chi connectivity index (χ3v) is 2.88. The van der Waals surface area contributed by atoms with E-state index >= 15 is 0 Å². The van der Waals surface area contributed by atoms with Crippen molar-refractivity contribution < 1.29 is 13.7 Å². The zero-order valence-corrected chi connectivity index (χ0v) is 10.3. The second-order valence-corrected chi connectivity index (χ2v) is 4.59. The maximum Gasteiger partial charge on any atom is 0.213 e. The van der Waals surface area contributed by atoms with Crippen LogP contribution in [0.3, 0.4) is 0 Å². The summed E-state index contributed by atoms with van der Waals surface area (Å²) in [6.45, 7) is 0.816. The van der Waals surface area contributed by atoms with Crippen molar-refractivity contribution >= 4 is 0 Å². The molecule has 0 bridgehead atoms. The summed E-state index contributed by atoms with van der Waals surface area (Å²) in [7, 11) is 0. The molecule has 1 heterocycles. The molecule has 1 N–H and O–H groups in total. The second-order valence-electron chi connectivity index (χ2n) is 4.59. The number of nitrogens with one attached hydrogen (secondary N) is 1. The van der Waals surface area contributed by atoms with Gasteiger partial charge in [0.25, 0.3) is 0 Å². The predicted octanol–water partition coefficient (Wildman–Crippen LogP) is 2.04. The van der Waals surface area contributed by atoms with Crippen LogP contribution in [0.5, 0.6) is 5.75 Å². The van der Waals surface area contributed by atoms with E-state index in [0.717, 1.165) is 5.56 Å². The molecule has 100 valence electrons. The van der Waals surface area contributed by atoms with Gasteiger partial charge >= 0.3 is 0 Å². The lowest BCUT2D eigenvalue weighted by atomic mass is 10.2. The van der Waals surface area contributed by atoms with Crippen LogP contribution in [0, 0.1) is 5.82 Å². The van der Waals surface area contributed by atoms with Gasteiger partial charge in [-0.25, -0.2) is 4.39 Å². The number of benzene rings is 1. The first-order valence-corrected chi connectivity index (χ1v) is 6.20. The molecule has 0 saturated heterocycles. The van der Waals surface area contributed by atoms with Gasteiger partial charge in [-0.1, -0.05) is 5.16 Å². The lowest BCUT2D eigenvalue weighted by Crippen LogP contribution is -2.15. The predicted molar refractivity (Wildman–Crippen MR) is 64.9 cm³/mol. The normalized spacial score (nSPS) is 14.6. The molecule has 1 saturated carbocycles. The topological polar surface area (TPSA) is 60.2 Å². The third-order valence-electron chi connectivity index (χ3n) is 2.88. The molecule has 1 aliphatic carbocycles. The van der Waals surface area contributed by atoms with Gasteiger partial charge in [-0.15, -0.1) is 0 Å². The van der Waals surface area contributed by atoms with E-state index in [2.05, 4.69) is 20.0 Å². The number of aromatic nitrogens is 2. The summed E-state index contributed by atoms with van der Waals surface area (Å²) in [5.74, 6) is 0.595. The van der Waals surface area contributed by atoms with Crippen LogP contribution < -0.4 is 10.1 Å². The number of hydrogen-bond acceptors (Lipinski definition) is 5. The summed E-state index contributed by atoms with van der Waals surface area (Å²) in [6, 6.07) is 5.27. The maximum atomic E-state index is 13.5. The summed E-state index contributed by atoms with van der Waals surface area (Å²) in [5, 5.41) is 6.96. The smallest absolute Gasteiger partial charge is 0.213 e. The van der Waals surface area contributed by atoms with Crippen LogP contribution in [0.4, 0.5) is 4.39 Å². The fourth-order valence-electron chi connectivity index (χ4n) is 1.76. The molecule has 6 heteroatoms. The zero-order chi connectivity index (χ0) is 13.1. The van der Waals surface area contributed by atoms with Crippen molar-refractivity contribution in [2.75, 3.05) is 0 Å². The van der Waals surface area contributed by atoms with Gasteiger partial charge in [0, 0.05) is 18.7 Å². The van der Waals surface area contributed by atoms with Crippen molar-refractivity contribution in [3.8, 4) is 5.75 Å². The minimum atomic E-state index is -0.307. The molecule has 1 aliphatic rings. The van der Waals surface area contributed by atoms with Crippen molar-refractivity contribution in [2.45, 2.75) is 32.0 Å². The van der Waals surface area contributed by atoms with E-state index in [4.69, 9.17) is 4.74 Å². The molecule has 19 heavy (non-hydrogen) atoms. The highest BCUT2D eigenvalue weighted by atomic mass is 19.1. The lowest BCUT2D eigenvalue weighted by Gasteiger charge is -2.08. The number of nitrogens with zero attached hydrogens (tertiary/aromatic N) is 2. The Labute approximate surface area is 109 Å². The molecule has 0 atom stereocenters. The molecule has 2 aromatic rings. The molecule has 1 fully saturated rings. The SMILES string of the molecule is Fc1cc(CNC2CC2)cc(OCc2ncon2)c1. The Kier molecular flexibility index (Phi) is 3.41. The minimum Gasteiger partial charge on any atom is -0.485 e. The zero-order valence-electron chi connectivity index (χ0n) is 10.3. The standard InChI is InChI=1S/C13H14FN3O2/c14-10-3-9(6-15-11-1-2-11)4-12(5-10)18-7-13-16-8-19-17-13/h3-5,8,11,15H,1-2,6-7H2.